The topological polar surface area (TPSA) is 96.5 Å². The highest BCUT2D eigenvalue weighted by Gasteiger charge is 2.39. The summed E-state index contributed by atoms with van der Waals surface area (Å²) in [6.07, 6.45) is 9.79. The van der Waals surface area contributed by atoms with Crippen molar-refractivity contribution >= 4 is 16.9 Å². The lowest BCUT2D eigenvalue weighted by molar-refractivity contribution is -0.137. The maximum absolute atomic E-state index is 13.3. The Labute approximate surface area is 210 Å². The highest BCUT2D eigenvalue weighted by Crippen LogP contribution is 2.33. The Kier molecular flexibility index (Phi) is 6.13. The summed E-state index contributed by atoms with van der Waals surface area (Å²) in [6, 6.07) is 8.26. The van der Waals surface area contributed by atoms with Crippen LogP contribution in [0.1, 0.15) is 50.5 Å². The summed E-state index contributed by atoms with van der Waals surface area (Å²) in [4.78, 5) is 34.5. The quantitative estimate of drug-likeness (QED) is 0.570. The number of rotatable bonds is 6. The second-order valence-corrected chi connectivity index (χ2v) is 10.8. The van der Waals surface area contributed by atoms with E-state index in [9.17, 15) is 14.7 Å². The van der Waals surface area contributed by atoms with Gasteiger partial charge in [-0.2, -0.15) is 5.10 Å². The highest BCUT2D eigenvalue weighted by molar-refractivity contribution is 5.81. The van der Waals surface area contributed by atoms with Gasteiger partial charge in [-0.1, -0.05) is 18.6 Å². The summed E-state index contributed by atoms with van der Waals surface area (Å²) in [5, 5.41) is 16.1. The van der Waals surface area contributed by atoms with E-state index in [1.54, 1.807) is 10.9 Å². The fraction of sp³-hybridized carbons (Fsp3) is 0.556. The number of amides is 1. The highest BCUT2D eigenvalue weighted by atomic mass is 16.3. The Hall–Kier alpha value is -3.04. The number of fused-ring (bicyclic) bond motifs is 1. The predicted octanol–water partition coefficient (Wildman–Crippen LogP) is 2.33. The third-order valence-electron chi connectivity index (χ3n) is 7.96. The second-order valence-electron chi connectivity index (χ2n) is 10.8. The molecule has 0 bridgehead atoms. The largest absolute Gasteiger partial charge is 0.388 e. The van der Waals surface area contributed by atoms with Gasteiger partial charge in [0.05, 0.1) is 24.0 Å². The summed E-state index contributed by atoms with van der Waals surface area (Å²) >= 11 is 0. The van der Waals surface area contributed by atoms with E-state index >= 15 is 0 Å². The first-order chi connectivity index (χ1) is 17.5. The number of likely N-dealkylation sites (tertiary alicyclic amines) is 2. The molecule has 0 atom stereocenters. The molecule has 3 aromatic rings. The van der Waals surface area contributed by atoms with Crippen molar-refractivity contribution in [1.82, 2.24) is 29.1 Å². The average Bonchev–Trinajstić information content (AvgIpc) is 3.65. The summed E-state index contributed by atoms with van der Waals surface area (Å²) in [5.74, 6) is 0.400. The molecule has 2 aliphatic heterocycles. The number of carbonyl (C=O) groups is 1. The van der Waals surface area contributed by atoms with Gasteiger partial charge >= 0.3 is 0 Å². The van der Waals surface area contributed by atoms with Crippen molar-refractivity contribution in [2.45, 2.75) is 63.6 Å². The molecule has 1 aliphatic carbocycles. The first-order valence-electron chi connectivity index (χ1n) is 13.3. The minimum Gasteiger partial charge on any atom is -0.388 e. The third kappa shape index (κ3) is 4.69. The molecule has 0 unspecified atom stereocenters. The van der Waals surface area contributed by atoms with Gasteiger partial charge < -0.3 is 10.0 Å². The van der Waals surface area contributed by atoms with E-state index in [2.05, 4.69) is 27.1 Å². The van der Waals surface area contributed by atoms with Crippen molar-refractivity contribution in [3.8, 4) is 5.69 Å². The molecule has 0 radical (unpaired) electrons. The van der Waals surface area contributed by atoms with Crippen molar-refractivity contribution in [1.29, 1.82) is 0 Å². The minimum atomic E-state index is -1.03. The SMILES string of the molecule is O=C(C1CC1)N1CCC(O)(Cn2cnc3c(cnn3-c3cccc(CN4CCCCC4)c3)c2=O)CC1. The van der Waals surface area contributed by atoms with E-state index < -0.39 is 5.60 Å². The lowest BCUT2D eigenvalue weighted by atomic mass is 9.91. The third-order valence-corrected chi connectivity index (χ3v) is 7.96. The van der Waals surface area contributed by atoms with E-state index in [-0.39, 0.29) is 23.9 Å². The Balaban J connectivity index is 1.19. The molecule has 3 aliphatic rings. The van der Waals surface area contributed by atoms with Gasteiger partial charge in [0.15, 0.2) is 5.65 Å². The number of aliphatic hydroxyl groups is 1. The van der Waals surface area contributed by atoms with Crippen LogP contribution in [0.3, 0.4) is 0 Å². The second kappa shape index (κ2) is 9.44. The number of hydrogen-bond acceptors (Lipinski definition) is 6. The standard InChI is InChI=1S/C27H34N6O3/c34-25(21-7-8-21)31-13-9-27(36,10-14-31)18-32-19-28-24-23(26(32)35)16-29-33(24)22-6-4-5-20(15-22)17-30-11-2-1-3-12-30/h4-6,15-16,19,21,36H,1-3,7-14,17-18H2. The fourth-order valence-corrected chi connectivity index (χ4v) is 5.62. The summed E-state index contributed by atoms with van der Waals surface area (Å²) < 4.78 is 3.21. The van der Waals surface area contributed by atoms with Crippen molar-refractivity contribution in [3.05, 3.63) is 52.7 Å². The normalized spacial score (nSPS) is 20.6. The van der Waals surface area contributed by atoms with Crippen LogP contribution in [0.2, 0.25) is 0 Å². The molecule has 1 aromatic carbocycles. The predicted molar refractivity (Wildman–Crippen MR) is 136 cm³/mol. The fourth-order valence-electron chi connectivity index (χ4n) is 5.62. The average molecular weight is 491 g/mol. The van der Waals surface area contributed by atoms with E-state index in [1.807, 2.05) is 17.0 Å². The van der Waals surface area contributed by atoms with E-state index in [0.29, 0.717) is 37.0 Å². The maximum atomic E-state index is 13.3. The van der Waals surface area contributed by atoms with Crippen LogP contribution in [0.5, 0.6) is 0 Å². The molecular weight excluding hydrogens is 456 g/mol. The zero-order chi connectivity index (χ0) is 24.7. The van der Waals surface area contributed by atoms with Gasteiger partial charge in [-0.05, 0) is 69.3 Å². The number of aromatic nitrogens is 4. The molecule has 4 heterocycles. The zero-order valence-corrected chi connectivity index (χ0v) is 20.7. The van der Waals surface area contributed by atoms with Crippen LogP contribution < -0.4 is 5.56 Å². The molecule has 9 heteroatoms. The van der Waals surface area contributed by atoms with Crippen molar-refractivity contribution in [3.63, 3.8) is 0 Å². The Bertz CT molecular complexity index is 1310. The summed E-state index contributed by atoms with van der Waals surface area (Å²) in [5.41, 5.74) is 1.39. The number of hydrogen-bond donors (Lipinski definition) is 1. The van der Waals surface area contributed by atoms with Gasteiger partial charge in [-0.3, -0.25) is 19.1 Å². The zero-order valence-electron chi connectivity index (χ0n) is 20.7. The van der Waals surface area contributed by atoms with Crippen LogP contribution in [-0.4, -0.2) is 71.9 Å². The van der Waals surface area contributed by atoms with E-state index in [1.165, 1.54) is 35.7 Å². The molecule has 1 amide bonds. The molecule has 36 heavy (non-hydrogen) atoms. The van der Waals surface area contributed by atoms with Crippen LogP contribution in [0.4, 0.5) is 0 Å². The number of piperidine rings is 2. The Morgan fingerprint density at radius 1 is 1.08 bits per heavy atom. The molecule has 190 valence electrons. The number of carbonyl (C=O) groups excluding carboxylic acids is 1. The van der Waals surface area contributed by atoms with E-state index in [0.717, 1.165) is 38.2 Å². The van der Waals surface area contributed by atoms with E-state index in [4.69, 9.17) is 0 Å². The summed E-state index contributed by atoms with van der Waals surface area (Å²) in [6.45, 7) is 4.41. The van der Waals surface area contributed by atoms with Crippen LogP contribution in [-0.2, 0) is 17.9 Å². The Morgan fingerprint density at radius 3 is 2.61 bits per heavy atom. The molecule has 9 nitrogen and oxygen atoms in total. The lowest BCUT2D eigenvalue weighted by Crippen LogP contribution is -2.50. The van der Waals surface area contributed by atoms with Crippen molar-refractivity contribution in [2.75, 3.05) is 26.2 Å². The van der Waals surface area contributed by atoms with Crippen LogP contribution in [0.15, 0.2) is 41.6 Å². The molecular formula is C27H34N6O3. The summed E-state index contributed by atoms with van der Waals surface area (Å²) in [7, 11) is 0. The first-order valence-corrected chi connectivity index (χ1v) is 13.3. The molecule has 2 saturated heterocycles. The van der Waals surface area contributed by atoms with Crippen LogP contribution in [0, 0.1) is 5.92 Å². The molecule has 1 saturated carbocycles. The molecule has 6 rings (SSSR count). The van der Waals surface area contributed by atoms with Gasteiger partial charge in [0.2, 0.25) is 5.91 Å². The number of benzene rings is 1. The van der Waals surface area contributed by atoms with Gasteiger partial charge in [0.25, 0.3) is 5.56 Å². The van der Waals surface area contributed by atoms with Gasteiger partial charge in [0.1, 0.15) is 11.7 Å². The van der Waals surface area contributed by atoms with Crippen LogP contribution >= 0.6 is 0 Å². The van der Waals surface area contributed by atoms with Gasteiger partial charge in [-0.25, -0.2) is 9.67 Å². The lowest BCUT2D eigenvalue weighted by Gasteiger charge is -2.38. The number of nitrogens with zero attached hydrogens (tertiary/aromatic N) is 6. The molecule has 2 aromatic heterocycles. The monoisotopic (exact) mass is 490 g/mol. The molecule has 3 fully saturated rings. The van der Waals surface area contributed by atoms with Gasteiger partial charge in [0, 0.05) is 25.6 Å². The maximum Gasteiger partial charge on any atom is 0.264 e. The first kappa shape index (κ1) is 23.4. The minimum absolute atomic E-state index is 0.163. The van der Waals surface area contributed by atoms with Crippen molar-refractivity contribution < 1.29 is 9.90 Å². The van der Waals surface area contributed by atoms with Crippen LogP contribution in [0.25, 0.3) is 16.7 Å². The smallest absolute Gasteiger partial charge is 0.264 e. The molecule has 1 N–H and O–H groups in total. The Morgan fingerprint density at radius 2 is 1.86 bits per heavy atom. The van der Waals surface area contributed by atoms with Gasteiger partial charge in [-0.15, -0.1) is 0 Å². The van der Waals surface area contributed by atoms with Crippen molar-refractivity contribution in [2.24, 2.45) is 5.92 Å². The molecule has 0 spiro atoms.